The van der Waals surface area contributed by atoms with Gasteiger partial charge in [0.1, 0.15) is 0 Å². The molecule has 0 aliphatic carbocycles. The molecule has 2 aromatic rings. The maximum atomic E-state index is 12.5. The predicted molar refractivity (Wildman–Crippen MR) is 118 cm³/mol. The first-order valence-electron chi connectivity index (χ1n) is 10.4. The van der Waals surface area contributed by atoms with E-state index in [1.54, 1.807) is 0 Å². The van der Waals surface area contributed by atoms with Crippen molar-refractivity contribution in [3.63, 3.8) is 0 Å². The van der Waals surface area contributed by atoms with Crippen molar-refractivity contribution < 1.29 is 19.1 Å². The van der Waals surface area contributed by atoms with Gasteiger partial charge in [0.2, 0.25) is 11.8 Å². The summed E-state index contributed by atoms with van der Waals surface area (Å²) in [6.45, 7) is 8.96. The van der Waals surface area contributed by atoms with Gasteiger partial charge in [0.25, 0.3) is 0 Å². The van der Waals surface area contributed by atoms with E-state index >= 15 is 0 Å². The zero-order valence-corrected chi connectivity index (χ0v) is 18.3. The van der Waals surface area contributed by atoms with Gasteiger partial charge >= 0.3 is 0 Å². The average molecular weight is 413 g/mol. The van der Waals surface area contributed by atoms with Crippen LogP contribution in [0.1, 0.15) is 49.9 Å². The fourth-order valence-corrected chi connectivity index (χ4v) is 3.15. The number of rotatable bonds is 11. The number of benzene rings is 2. The normalized spacial score (nSPS) is 11.5. The Morgan fingerprint density at radius 2 is 1.63 bits per heavy atom. The molecule has 0 saturated carbocycles. The van der Waals surface area contributed by atoms with Gasteiger partial charge in [0.15, 0.2) is 11.5 Å². The smallest absolute Gasteiger partial charge is 0.222 e. The number of nitrogens with one attached hydrogen (secondary N) is 2. The van der Waals surface area contributed by atoms with Gasteiger partial charge in [-0.3, -0.25) is 9.59 Å². The summed E-state index contributed by atoms with van der Waals surface area (Å²) in [6, 6.07) is 13.3. The van der Waals surface area contributed by atoms with Crippen molar-refractivity contribution in [2.75, 3.05) is 19.8 Å². The molecule has 2 amide bonds. The quantitative estimate of drug-likeness (QED) is 0.590. The van der Waals surface area contributed by atoms with E-state index in [2.05, 4.69) is 10.6 Å². The highest BCUT2D eigenvalue weighted by Gasteiger charge is 2.17. The van der Waals surface area contributed by atoms with E-state index < -0.39 is 0 Å². The summed E-state index contributed by atoms with van der Waals surface area (Å²) in [4.78, 5) is 24.0. The molecule has 30 heavy (non-hydrogen) atoms. The summed E-state index contributed by atoms with van der Waals surface area (Å²) in [7, 11) is 0. The number of hydrogen-bond acceptors (Lipinski definition) is 4. The van der Waals surface area contributed by atoms with Crippen molar-refractivity contribution in [1.29, 1.82) is 0 Å². The Hall–Kier alpha value is -3.02. The topological polar surface area (TPSA) is 76.7 Å². The lowest BCUT2D eigenvalue weighted by Gasteiger charge is -2.18. The molecule has 0 radical (unpaired) electrons. The molecule has 0 fully saturated rings. The van der Waals surface area contributed by atoms with Gasteiger partial charge < -0.3 is 20.1 Å². The lowest BCUT2D eigenvalue weighted by molar-refractivity contribution is -0.122. The average Bonchev–Trinajstić information content (AvgIpc) is 2.70. The molecule has 2 aromatic carbocycles. The minimum Gasteiger partial charge on any atom is -0.490 e. The molecule has 6 nitrogen and oxygen atoms in total. The van der Waals surface area contributed by atoms with Crippen LogP contribution >= 0.6 is 0 Å². The van der Waals surface area contributed by atoms with Gasteiger partial charge in [0, 0.05) is 13.5 Å². The number of amides is 2. The summed E-state index contributed by atoms with van der Waals surface area (Å²) in [6.07, 6.45) is 0.865. The molecule has 0 saturated heterocycles. The first kappa shape index (κ1) is 23.3. The maximum Gasteiger partial charge on any atom is 0.222 e. The first-order valence-corrected chi connectivity index (χ1v) is 10.4. The summed E-state index contributed by atoms with van der Waals surface area (Å²) in [5.74, 6) is 1.17. The van der Waals surface area contributed by atoms with E-state index in [9.17, 15) is 9.59 Å². The molecule has 0 heterocycles. The van der Waals surface area contributed by atoms with Crippen LogP contribution in [0, 0.1) is 6.92 Å². The monoisotopic (exact) mass is 412 g/mol. The zero-order valence-electron chi connectivity index (χ0n) is 18.3. The molecule has 6 heteroatoms. The molecule has 2 N–H and O–H groups in total. The van der Waals surface area contributed by atoms with Crippen LogP contribution in [0.25, 0.3) is 0 Å². The van der Waals surface area contributed by atoms with Crippen molar-refractivity contribution in [3.05, 3.63) is 59.2 Å². The standard InChI is InChI=1S/C24H32N2O4/c1-5-29-22-12-9-19(15-23(22)30-6-2)13-14-25-24(28)16-21(26-18(4)27)20-10-7-17(3)8-11-20/h7-12,15,21H,5-6,13-14,16H2,1-4H3,(H,25,28)(H,26,27). The second-order valence-corrected chi connectivity index (χ2v) is 7.11. The molecule has 2 rings (SSSR count). The van der Waals surface area contributed by atoms with E-state index in [-0.39, 0.29) is 24.3 Å². The Bertz CT molecular complexity index is 834. The van der Waals surface area contributed by atoms with Crippen molar-refractivity contribution in [3.8, 4) is 11.5 Å². The largest absolute Gasteiger partial charge is 0.490 e. The number of carbonyl (C=O) groups is 2. The lowest BCUT2D eigenvalue weighted by Crippen LogP contribution is -2.33. The van der Waals surface area contributed by atoms with Crippen LogP contribution in [-0.2, 0) is 16.0 Å². The van der Waals surface area contributed by atoms with Gasteiger partial charge in [-0.25, -0.2) is 0 Å². The number of aryl methyl sites for hydroxylation is 1. The van der Waals surface area contributed by atoms with Crippen LogP contribution in [0.5, 0.6) is 11.5 Å². The SMILES string of the molecule is CCOc1ccc(CCNC(=O)CC(NC(C)=O)c2ccc(C)cc2)cc1OCC. The molecule has 162 valence electrons. The third-order valence-corrected chi connectivity index (χ3v) is 4.59. The molecule has 1 unspecified atom stereocenters. The molecule has 1 atom stereocenters. The van der Waals surface area contributed by atoms with E-state index in [1.807, 2.05) is 63.2 Å². The third-order valence-electron chi connectivity index (χ3n) is 4.59. The highest BCUT2D eigenvalue weighted by molar-refractivity contribution is 5.79. The molecular formula is C24H32N2O4. The lowest BCUT2D eigenvalue weighted by atomic mass is 10.0. The van der Waals surface area contributed by atoms with Crippen LogP contribution in [0.15, 0.2) is 42.5 Å². The van der Waals surface area contributed by atoms with Crippen molar-refractivity contribution >= 4 is 11.8 Å². The van der Waals surface area contributed by atoms with E-state index in [0.717, 1.165) is 22.4 Å². The van der Waals surface area contributed by atoms with E-state index in [1.165, 1.54) is 6.92 Å². The minimum absolute atomic E-state index is 0.106. The molecule has 0 aromatic heterocycles. The molecule has 0 spiro atoms. The van der Waals surface area contributed by atoms with Crippen LogP contribution in [0.2, 0.25) is 0 Å². The van der Waals surface area contributed by atoms with Gasteiger partial charge in [-0.15, -0.1) is 0 Å². The second kappa shape index (κ2) is 11.9. The Kier molecular flexibility index (Phi) is 9.19. The third kappa shape index (κ3) is 7.43. The molecular weight excluding hydrogens is 380 g/mol. The number of hydrogen-bond donors (Lipinski definition) is 2. The second-order valence-electron chi connectivity index (χ2n) is 7.11. The predicted octanol–water partition coefficient (Wildman–Crippen LogP) is 3.72. The molecule has 0 aliphatic heterocycles. The van der Waals surface area contributed by atoms with Crippen LogP contribution in [0.3, 0.4) is 0 Å². The summed E-state index contributed by atoms with van der Waals surface area (Å²) < 4.78 is 11.2. The Balaban J connectivity index is 1.93. The summed E-state index contributed by atoms with van der Waals surface area (Å²) in [5, 5.41) is 5.81. The Morgan fingerprint density at radius 3 is 2.27 bits per heavy atom. The van der Waals surface area contributed by atoms with Crippen LogP contribution < -0.4 is 20.1 Å². The molecule has 0 bridgehead atoms. The van der Waals surface area contributed by atoms with Crippen molar-refractivity contribution in [1.82, 2.24) is 10.6 Å². The number of ether oxygens (including phenoxy) is 2. The fourth-order valence-electron chi connectivity index (χ4n) is 3.15. The minimum atomic E-state index is -0.349. The summed E-state index contributed by atoms with van der Waals surface area (Å²) >= 11 is 0. The van der Waals surface area contributed by atoms with E-state index in [4.69, 9.17) is 9.47 Å². The van der Waals surface area contributed by atoms with Gasteiger partial charge in [0.05, 0.1) is 25.7 Å². The van der Waals surface area contributed by atoms with Crippen molar-refractivity contribution in [2.24, 2.45) is 0 Å². The van der Waals surface area contributed by atoms with Crippen LogP contribution in [-0.4, -0.2) is 31.6 Å². The maximum absolute atomic E-state index is 12.5. The van der Waals surface area contributed by atoms with Gasteiger partial charge in [-0.1, -0.05) is 35.9 Å². The highest BCUT2D eigenvalue weighted by atomic mass is 16.5. The van der Waals surface area contributed by atoms with E-state index in [0.29, 0.717) is 31.9 Å². The number of carbonyl (C=O) groups excluding carboxylic acids is 2. The van der Waals surface area contributed by atoms with Crippen LogP contribution in [0.4, 0.5) is 0 Å². The zero-order chi connectivity index (χ0) is 21.9. The fraction of sp³-hybridized carbons (Fsp3) is 0.417. The Labute approximate surface area is 179 Å². The van der Waals surface area contributed by atoms with Gasteiger partial charge in [-0.2, -0.15) is 0 Å². The summed E-state index contributed by atoms with van der Waals surface area (Å²) in [5.41, 5.74) is 3.10. The highest BCUT2D eigenvalue weighted by Crippen LogP contribution is 2.28. The van der Waals surface area contributed by atoms with Gasteiger partial charge in [-0.05, 0) is 50.5 Å². The Morgan fingerprint density at radius 1 is 0.967 bits per heavy atom. The van der Waals surface area contributed by atoms with Crippen molar-refractivity contribution in [2.45, 2.75) is 46.6 Å². The molecule has 0 aliphatic rings. The first-order chi connectivity index (χ1) is 14.4.